The van der Waals surface area contributed by atoms with Crippen molar-refractivity contribution in [2.45, 2.75) is 36.6 Å². The maximum absolute atomic E-state index is 5.98. The summed E-state index contributed by atoms with van der Waals surface area (Å²) >= 11 is 7.60. The van der Waals surface area contributed by atoms with Gasteiger partial charge in [0, 0.05) is 10.5 Å². The first kappa shape index (κ1) is 13.4. The molecule has 0 bridgehead atoms. The van der Waals surface area contributed by atoms with Gasteiger partial charge >= 0.3 is 0 Å². The highest BCUT2D eigenvalue weighted by Crippen LogP contribution is 2.31. The van der Waals surface area contributed by atoms with Gasteiger partial charge in [0.15, 0.2) is 0 Å². The Morgan fingerprint density at radius 1 is 1.11 bits per heavy atom. The molecule has 0 atom stereocenters. The van der Waals surface area contributed by atoms with Crippen molar-refractivity contribution in [2.75, 3.05) is 0 Å². The van der Waals surface area contributed by atoms with E-state index in [-0.39, 0.29) is 0 Å². The highest BCUT2D eigenvalue weighted by atomic mass is 35.5. The number of nitrogens with zero attached hydrogens (tertiary/aromatic N) is 2. The Labute approximate surface area is 117 Å². The summed E-state index contributed by atoms with van der Waals surface area (Å²) in [4.78, 5) is 9.38. The van der Waals surface area contributed by atoms with E-state index in [9.17, 15) is 0 Å². The van der Waals surface area contributed by atoms with Crippen molar-refractivity contribution in [1.29, 1.82) is 0 Å². The molecule has 0 fully saturated rings. The highest BCUT2D eigenvalue weighted by Gasteiger charge is 2.07. The molecule has 1 aromatic carbocycles. The fourth-order valence-electron chi connectivity index (χ4n) is 1.55. The van der Waals surface area contributed by atoms with E-state index < -0.39 is 0 Å². The molecule has 0 saturated carbocycles. The second-order valence-corrected chi connectivity index (χ2v) is 5.84. The zero-order valence-electron chi connectivity index (χ0n) is 10.6. The van der Waals surface area contributed by atoms with Crippen LogP contribution >= 0.6 is 23.4 Å². The smallest absolute Gasteiger partial charge is 0.136 e. The molecular weight excluding hydrogens is 264 g/mol. The molecule has 1 heterocycles. The van der Waals surface area contributed by atoms with Crippen molar-refractivity contribution in [3.05, 3.63) is 46.9 Å². The third-order valence-corrected chi connectivity index (χ3v) is 4.23. The van der Waals surface area contributed by atoms with Gasteiger partial charge in [0.1, 0.15) is 16.5 Å². The Morgan fingerprint density at radius 3 is 2.39 bits per heavy atom. The summed E-state index contributed by atoms with van der Waals surface area (Å²) in [5.41, 5.74) is 2.27. The maximum Gasteiger partial charge on any atom is 0.136 e. The summed E-state index contributed by atoms with van der Waals surface area (Å²) in [6.07, 6.45) is 1.50. The second-order valence-electron chi connectivity index (χ2n) is 4.42. The van der Waals surface area contributed by atoms with Crippen molar-refractivity contribution in [2.24, 2.45) is 0 Å². The number of aromatic nitrogens is 2. The predicted molar refractivity (Wildman–Crippen MR) is 76.4 cm³/mol. The zero-order valence-corrected chi connectivity index (χ0v) is 12.2. The minimum Gasteiger partial charge on any atom is -0.229 e. The molecule has 2 rings (SSSR count). The summed E-state index contributed by atoms with van der Waals surface area (Å²) in [6, 6.07) is 8.56. The molecule has 0 aliphatic carbocycles. The van der Waals surface area contributed by atoms with Crippen molar-refractivity contribution >= 4 is 23.4 Å². The van der Waals surface area contributed by atoms with Gasteiger partial charge in [-0.1, -0.05) is 49.3 Å². The first-order valence-electron chi connectivity index (χ1n) is 5.83. The summed E-state index contributed by atoms with van der Waals surface area (Å²) in [7, 11) is 0. The quantitative estimate of drug-likeness (QED) is 0.760. The van der Waals surface area contributed by atoms with Gasteiger partial charge in [0.2, 0.25) is 0 Å². The van der Waals surface area contributed by atoms with Crippen LogP contribution in [0.5, 0.6) is 0 Å². The Hall–Kier alpha value is -1.06. The van der Waals surface area contributed by atoms with Gasteiger partial charge in [-0.25, -0.2) is 9.97 Å². The number of halogens is 1. The van der Waals surface area contributed by atoms with Crippen LogP contribution in [0.3, 0.4) is 0 Å². The largest absolute Gasteiger partial charge is 0.229 e. The minimum atomic E-state index is 0.520. The molecule has 1 aromatic heterocycles. The summed E-state index contributed by atoms with van der Waals surface area (Å²) < 4.78 is 0. The first-order chi connectivity index (χ1) is 8.58. The number of benzene rings is 1. The molecule has 0 spiro atoms. The fraction of sp³-hybridized carbons (Fsp3) is 0.286. The highest BCUT2D eigenvalue weighted by molar-refractivity contribution is 7.99. The van der Waals surface area contributed by atoms with Crippen LogP contribution in [0.4, 0.5) is 0 Å². The lowest BCUT2D eigenvalue weighted by atomic mass is 10.0. The third-order valence-electron chi connectivity index (χ3n) is 2.74. The standard InChI is InChI=1S/C14H15ClN2S/c1-9(2)11-4-6-12(7-5-11)18-14-10(3)13(15)16-8-17-14/h4-9H,1-3H3. The lowest BCUT2D eigenvalue weighted by Gasteiger charge is -2.08. The van der Waals surface area contributed by atoms with Gasteiger partial charge in [0.25, 0.3) is 0 Å². The van der Waals surface area contributed by atoms with Crippen molar-refractivity contribution in [3.63, 3.8) is 0 Å². The molecule has 0 N–H and O–H groups in total. The van der Waals surface area contributed by atoms with E-state index in [2.05, 4.69) is 48.1 Å². The molecule has 0 saturated heterocycles. The van der Waals surface area contributed by atoms with Crippen molar-refractivity contribution in [3.8, 4) is 0 Å². The Kier molecular flexibility index (Phi) is 4.25. The van der Waals surface area contributed by atoms with Crippen LogP contribution in [0.1, 0.15) is 30.9 Å². The molecule has 0 aliphatic heterocycles. The number of hydrogen-bond acceptors (Lipinski definition) is 3. The fourth-order valence-corrected chi connectivity index (χ4v) is 2.58. The summed E-state index contributed by atoms with van der Waals surface area (Å²) in [5.74, 6) is 0.555. The SMILES string of the molecule is Cc1c(Cl)ncnc1Sc1ccc(C(C)C)cc1. The molecule has 18 heavy (non-hydrogen) atoms. The van der Waals surface area contributed by atoms with Gasteiger partial charge in [-0.05, 0) is 30.5 Å². The molecule has 2 nitrogen and oxygen atoms in total. The van der Waals surface area contributed by atoms with Crippen LogP contribution in [-0.4, -0.2) is 9.97 Å². The van der Waals surface area contributed by atoms with Crippen LogP contribution in [0.15, 0.2) is 40.5 Å². The van der Waals surface area contributed by atoms with E-state index in [1.807, 2.05) is 6.92 Å². The Balaban J connectivity index is 2.21. The molecule has 0 radical (unpaired) electrons. The average molecular weight is 279 g/mol. The van der Waals surface area contributed by atoms with Crippen LogP contribution in [-0.2, 0) is 0 Å². The van der Waals surface area contributed by atoms with Crippen LogP contribution in [0.25, 0.3) is 0 Å². The molecule has 2 aromatic rings. The lowest BCUT2D eigenvalue weighted by Crippen LogP contribution is -1.90. The zero-order chi connectivity index (χ0) is 13.1. The van der Waals surface area contributed by atoms with Crippen LogP contribution in [0.2, 0.25) is 5.15 Å². The average Bonchev–Trinajstić information content (AvgIpc) is 2.36. The normalized spacial score (nSPS) is 10.9. The van der Waals surface area contributed by atoms with Crippen molar-refractivity contribution in [1.82, 2.24) is 9.97 Å². The van der Waals surface area contributed by atoms with E-state index in [1.165, 1.54) is 11.9 Å². The molecule has 0 aliphatic rings. The van der Waals surface area contributed by atoms with E-state index in [0.717, 1.165) is 15.5 Å². The second kappa shape index (κ2) is 5.72. The molecule has 0 unspecified atom stereocenters. The van der Waals surface area contributed by atoms with Gasteiger partial charge in [-0.15, -0.1) is 0 Å². The predicted octanol–water partition coefficient (Wildman–Crippen LogP) is 4.71. The third kappa shape index (κ3) is 3.03. The Bertz CT molecular complexity index is 538. The van der Waals surface area contributed by atoms with Gasteiger partial charge in [-0.3, -0.25) is 0 Å². The Morgan fingerprint density at radius 2 is 1.78 bits per heavy atom. The first-order valence-corrected chi connectivity index (χ1v) is 7.02. The van der Waals surface area contributed by atoms with Gasteiger partial charge < -0.3 is 0 Å². The van der Waals surface area contributed by atoms with Crippen LogP contribution in [0, 0.1) is 6.92 Å². The minimum absolute atomic E-state index is 0.520. The number of rotatable bonds is 3. The van der Waals surface area contributed by atoms with E-state index >= 15 is 0 Å². The van der Waals surface area contributed by atoms with E-state index in [1.54, 1.807) is 11.8 Å². The number of hydrogen-bond donors (Lipinski definition) is 0. The molecular formula is C14H15ClN2S. The lowest BCUT2D eigenvalue weighted by molar-refractivity contribution is 0.865. The van der Waals surface area contributed by atoms with Gasteiger partial charge in [-0.2, -0.15) is 0 Å². The topological polar surface area (TPSA) is 25.8 Å². The van der Waals surface area contributed by atoms with Crippen molar-refractivity contribution < 1.29 is 0 Å². The van der Waals surface area contributed by atoms with E-state index in [0.29, 0.717) is 11.1 Å². The molecule has 0 amide bonds. The summed E-state index contributed by atoms with van der Waals surface area (Å²) in [6.45, 7) is 6.32. The van der Waals surface area contributed by atoms with Crippen LogP contribution < -0.4 is 0 Å². The monoisotopic (exact) mass is 278 g/mol. The molecule has 4 heteroatoms. The van der Waals surface area contributed by atoms with Gasteiger partial charge in [0.05, 0.1) is 0 Å². The maximum atomic E-state index is 5.98. The molecule has 94 valence electrons. The summed E-state index contributed by atoms with van der Waals surface area (Å²) in [5, 5.41) is 1.43. The van der Waals surface area contributed by atoms with E-state index in [4.69, 9.17) is 11.6 Å².